The SMILES string of the molecule is CCNC(=NCc1ccccc1-n1nc(C)cc1C)NC(C)CC.I. The molecule has 0 aliphatic carbocycles. The molecule has 1 atom stereocenters. The van der Waals surface area contributed by atoms with E-state index in [1.807, 2.05) is 17.7 Å². The number of aryl methyl sites for hydroxylation is 2. The summed E-state index contributed by atoms with van der Waals surface area (Å²) in [6.07, 6.45) is 1.06. The Bertz CT molecular complexity index is 693. The molecule has 1 aromatic heterocycles. The summed E-state index contributed by atoms with van der Waals surface area (Å²) in [7, 11) is 0. The Hall–Kier alpha value is -1.57. The highest BCUT2D eigenvalue weighted by atomic mass is 127. The first-order chi connectivity index (χ1) is 11.5. The molecular formula is C19H30IN5. The Morgan fingerprint density at radius 1 is 1.24 bits per heavy atom. The van der Waals surface area contributed by atoms with Crippen LogP contribution in [0.3, 0.4) is 0 Å². The number of rotatable bonds is 6. The molecule has 0 saturated heterocycles. The second-order valence-corrected chi connectivity index (χ2v) is 6.12. The molecule has 5 nitrogen and oxygen atoms in total. The quantitative estimate of drug-likeness (QED) is 0.394. The maximum absolute atomic E-state index is 4.75. The van der Waals surface area contributed by atoms with Gasteiger partial charge in [0.15, 0.2) is 5.96 Å². The van der Waals surface area contributed by atoms with Crippen LogP contribution >= 0.6 is 24.0 Å². The van der Waals surface area contributed by atoms with Gasteiger partial charge >= 0.3 is 0 Å². The van der Waals surface area contributed by atoms with E-state index in [0.29, 0.717) is 12.6 Å². The summed E-state index contributed by atoms with van der Waals surface area (Å²) in [6, 6.07) is 10.8. The molecule has 0 fully saturated rings. The van der Waals surface area contributed by atoms with Gasteiger partial charge in [-0.1, -0.05) is 25.1 Å². The third-order valence-corrected chi connectivity index (χ3v) is 3.98. The molecule has 2 N–H and O–H groups in total. The Labute approximate surface area is 168 Å². The van der Waals surface area contributed by atoms with Crippen molar-refractivity contribution < 1.29 is 0 Å². The highest BCUT2D eigenvalue weighted by Gasteiger charge is 2.09. The second-order valence-electron chi connectivity index (χ2n) is 6.12. The Balaban J connectivity index is 0.00000312. The highest BCUT2D eigenvalue weighted by molar-refractivity contribution is 14.0. The molecule has 1 heterocycles. The number of para-hydroxylation sites is 1. The minimum atomic E-state index is 0. The number of hydrogen-bond acceptors (Lipinski definition) is 2. The number of aromatic nitrogens is 2. The minimum absolute atomic E-state index is 0. The average Bonchev–Trinajstić information content (AvgIpc) is 2.91. The van der Waals surface area contributed by atoms with E-state index in [9.17, 15) is 0 Å². The van der Waals surface area contributed by atoms with Gasteiger partial charge in [-0.2, -0.15) is 5.10 Å². The Morgan fingerprint density at radius 3 is 2.56 bits per heavy atom. The summed E-state index contributed by atoms with van der Waals surface area (Å²) in [5.41, 5.74) is 4.41. The molecule has 1 unspecified atom stereocenters. The van der Waals surface area contributed by atoms with Gasteiger partial charge < -0.3 is 10.6 Å². The van der Waals surface area contributed by atoms with Crippen LogP contribution in [0.5, 0.6) is 0 Å². The van der Waals surface area contributed by atoms with Crippen LogP contribution in [-0.2, 0) is 6.54 Å². The zero-order chi connectivity index (χ0) is 17.5. The van der Waals surface area contributed by atoms with Gasteiger partial charge in [-0.15, -0.1) is 24.0 Å². The molecule has 0 bridgehead atoms. The average molecular weight is 455 g/mol. The molecule has 2 aromatic rings. The molecule has 0 aliphatic rings. The smallest absolute Gasteiger partial charge is 0.191 e. The van der Waals surface area contributed by atoms with E-state index in [0.717, 1.165) is 41.6 Å². The predicted molar refractivity (Wildman–Crippen MR) is 116 cm³/mol. The fraction of sp³-hybridized carbons (Fsp3) is 0.474. The van der Waals surface area contributed by atoms with E-state index in [1.54, 1.807) is 0 Å². The molecule has 0 radical (unpaired) electrons. The van der Waals surface area contributed by atoms with Crippen molar-refractivity contribution in [2.45, 2.75) is 53.6 Å². The lowest BCUT2D eigenvalue weighted by Gasteiger charge is -2.16. The first-order valence-corrected chi connectivity index (χ1v) is 8.71. The molecular weight excluding hydrogens is 425 g/mol. The summed E-state index contributed by atoms with van der Waals surface area (Å²) in [4.78, 5) is 4.75. The molecule has 0 spiro atoms. The standard InChI is InChI=1S/C19H29N5.HI/c1-6-14(3)22-19(20-7-2)21-13-17-10-8-9-11-18(17)24-16(5)12-15(4)23-24;/h8-12,14H,6-7,13H2,1-5H3,(H2,20,21,22);1H. The molecule has 0 aliphatic heterocycles. The van der Waals surface area contributed by atoms with Crippen LogP contribution in [-0.4, -0.2) is 28.3 Å². The second kappa shape index (κ2) is 10.4. The largest absolute Gasteiger partial charge is 0.357 e. The van der Waals surface area contributed by atoms with Gasteiger partial charge in [-0.3, -0.25) is 0 Å². The maximum Gasteiger partial charge on any atom is 0.191 e. The summed E-state index contributed by atoms with van der Waals surface area (Å²) < 4.78 is 2.00. The first kappa shape index (κ1) is 21.5. The zero-order valence-electron chi connectivity index (χ0n) is 15.8. The van der Waals surface area contributed by atoms with Crippen molar-refractivity contribution >= 4 is 29.9 Å². The number of guanidine groups is 1. The van der Waals surface area contributed by atoms with E-state index >= 15 is 0 Å². The fourth-order valence-electron chi connectivity index (χ4n) is 2.54. The van der Waals surface area contributed by atoms with E-state index in [-0.39, 0.29) is 24.0 Å². The number of nitrogens with zero attached hydrogens (tertiary/aromatic N) is 3. The molecule has 0 saturated carbocycles. The molecule has 2 rings (SSSR count). The van der Waals surface area contributed by atoms with Gasteiger partial charge in [-0.25, -0.2) is 9.67 Å². The Kier molecular flexibility index (Phi) is 8.96. The van der Waals surface area contributed by atoms with Gasteiger partial charge in [0.2, 0.25) is 0 Å². The van der Waals surface area contributed by atoms with Gasteiger partial charge in [0.1, 0.15) is 0 Å². The highest BCUT2D eigenvalue weighted by Crippen LogP contribution is 2.17. The van der Waals surface area contributed by atoms with Crippen molar-refractivity contribution in [1.29, 1.82) is 0 Å². The lowest BCUT2D eigenvalue weighted by atomic mass is 10.2. The van der Waals surface area contributed by atoms with Crippen molar-refractivity contribution in [3.8, 4) is 5.69 Å². The third kappa shape index (κ3) is 6.02. The van der Waals surface area contributed by atoms with Crippen LogP contribution in [0.15, 0.2) is 35.3 Å². The van der Waals surface area contributed by atoms with Gasteiger partial charge in [0, 0.05) is 18.3 Å². The topological polar surface area (TPSA) is 54.2 Å². The summed E-state index contributed by atoms with van der Waals surface area (Å²) in [5.74, 6) is 0.857. The van der Waals surface area contributed by atoms with Crippen molar-refractivity contribution in [2.75, 3.05) is 6.54 Å². The number of halogens is 1. The number of nitrogens with one attached hydrogen (secondary N) is 2. The van der Waals surface area contributed by atoms with Crippen LogP contribution in [0.1, 0.15) is 44.1 Å². The van der Waals surface area contributed by atoms with Crippen LogP contribution in [0.4, 0.5) is 0 Å². The maximum atomic E-state index is 4.75. The Morgan fingerprint density at radius 2 is 1.96 bits per heavy atom. The monoisotopic (exact) mass is 455 g/mol. The van der Waals surface area contributed by atoms with Crippen molar-refractivity contribution in [3.05, 3.63) is 47.3 Å². The van der Waals surface area contributed by atoms with Crippen LogP contribution in [0.25, 0.3) is 5.69 Å². The number of benzene rings is 1. The lowest BCUT2D eigenvalue weighted by molar-refractivity contribution is 0.624. The lowest BCUT2D eigenvalue weighted by Crippen LogP contribution is -2.41. The number of aliphatic imine (C=N–C) groups is 1. The predicted octanol–water partition coefficient (Wildman–Crippen LogP) is 3.96. The van der Waals surface area contributed by atoms with E-state index in [4.69, 9.17) is 4.99 Å². The number of hydrogen-bond donors (Lipinski definition) is 2. The fourth-order valence-corrected chi connectivity index (χ4v) is 2.54. The third-order valence-electron chi connectivity index (χ3n) is 3.98. The van der Waals surface area contributed by atoms with Crippen LogP contribution < -0.4 is 10.6 Å². The normalized spacial score (nSPS) is 12.4. The van der Waals surface area contributed by atoms with Crippen molar-refractivity contribution in [1.82, 2.24) is 20.4 Å². The first-order valence-electron chi connectivity index (χ1n) is 8.71. The van der Waals surface area contributed by atoms with Gasteiger partial charge in [0.05, 0.1) is 17.9 Å². The van der Waals surface area contributed by atoms with E-state index in [1.165, 1.54) is 0 Å². The van der Waals surface area contributed by atoms with Crippen molar-refractivity contribution in [2.24, 2.45) is 4.99 Å². The van der Waals surface area contributed by atoms with Crippen molar-refractivity contribution in [3.63, 3.8) is 0 Å². The minimum Gasteiger partial charge on any atom is -0.357 e. The van der Waals surface area contributed by atoms with Crippen LogP contribution in [0, 0.1) is 13.8 Å². The zero-order valence-corrected chi connectivity index (χ0v) is 18.2. The summed E-state index contributed by atoms with van der Waals surface area (Å²) >= 11 is 0. The summed E-state index contributed by atoms with van der Waals surface area (Å²) in [6.45, 7) is 12.0. The molecule has 0 amide bonds. The molecule has 25 heavy (non-hydrogen) atoms. The molecule has 6 heteroatoms. The van der Waals surface area contributed by atoms with E-state index in [2.05, 4.69) is 67.7 Å². The molecule has 1 aromatic carbocycles. The summed E-state index contributed by atoms with van der Waals surface area (Å²) in [5, 5.41) is 11.3. The van der Waals surface area contributed by atoms with Gasteiger partial charge in [-0.05, 0) is 51.8 Å². The van der Waals surface area contributed by atoms with Crippen LogP contribution in [0.2, 0.25) is 0 Å². The van der Waals surface area contributed by atoms with Gasteiger partial charge in [0.25, 0.3) is 0 Å². The van der Waals surface area contributed by atoms with E-state index < -0.39 is 0 Å². The molecule has 138 valence electrons.